The Morgan fingerprint density at radius 1 is 1.17 bits per heavy atom. The number of halogens is 3. The molecule has 1 unspecified atom stereocenters. The van der Waals surface area contributed by atoms with Crippen molar-refractivity contribution in [2.24, 2.45) is 0 Å². The summed E-state index contributed by atoms with van der Waals surface area (Å²) in [5, 5.41) is 14.8. The average Bonchev–Trinajstić information content (AvgIpc) is 3.29. The molecule has 3 rings (SSSR count). The van der Waals surface area contributed by atoms with Crippen LogP contribution in [-0.4, -0.2) is 69.2 Å². The van der Waals surface area contributed by atoms with Crippen molar-refractivity contribution in [2.45, 2.75) is 32.0 Å². The molecule has 0 spiro atoms. The molecule has 1 saturated heterocycles. The number of hydrogen-bond donors (Lipinski definition) is 1. The van der Waals surface area contributed by atoms with Gasteiger partial charge in [0, 0.05) is 43.3 Å². The second-order valence-corrected chi connectivity index (χ2v) is 7.69. The predicted molar refractivity (Wildman–Crippen MR) is 95.1 cm³/mol. The lowest BCUT2D eigenvalue weighted by Crippen LogP contribution is -2.53. The van der Waals surface area contributed by atoms with Crippen molar-refractivity contribution >= 4 is 23.2 Å². The van der Waals surface area contributed by atoms with Gasteiger partial charge in [-0.05, 0) is 13.8 Å². The third kappa shape index (κ3) is 4.27. The molecule has 1 aliphatic rings. The third-order valence-corrected chi connectivity index (χ3v) is 5.72. The highest BCUT2D eigenvalue weighted by molar-refractivity contribution is 7.09. The van der Waals surface area contributed by atoms with Gasteiger partial charge >= 0.3 is 6.18 Å². The number of nitrogens with zero attached hydrogens (tertiary/aromatic N) is 4. The molecule has 1 aliphatic heterocycles. The zero-order valence-corrected chi connectivity index (χ0v) is 16.5. The number of aliphatic hydroxyl groups is 1. The van der Waals surface area contributed by atoms with Crippen LogP contribution in [0, 0.1) is 13.8 Å². The molecule has 8 nitrogen and oxygen atoms in total. The lowest BCUT2D eigenvalue weighted by Gasteiger charge is -2.36. The molecule has 1 N–H and O–H groups in total. The highest BCUT2D eigenvalue weighted by Crippen LogP contribution is 2.43. The van der Waals surface area contributed by atoms with Gasteiger partial charge in [0.2, 0.25) is 17.3 Å². The Labute approximate surface area is 167 Å². The number of thiazole rings is 1. The fourth-order valence-corrected chi connectivity index (χ4v) is 3.87. The van der Waals surface area contributed by atoms with Crippen LogP contribution in [0.1, 0.15) is 33.4 Å². The molecule has 158 valence electrons. The number of rotatable bonds is 4. The first kappa shape index (κ1) is 21.2. The fourth-order valence-electron chi connectivity index (χ4n) is 2.95. The van der Waals surface area contributed by atoms with E-state index in [9.17, 15) is 27.9 Å². The largest absolute Gasteiger partial charge is 0.424 e. The van der Waals surface area contributed by atoms with Crippen molar-refractivity contribution in [3.63, 3.8) is 0 Å². The van der Waals surface area contributed by atoms with Gasteiger partial charge in [-0.2, -0.15) is 13.2 Å². The van der Waals surface area contributed by atoms with Gasteiger partial charge in [0.1, 0.15) is 5.01 Å². The summed E-state index contributed by atoms with van der Waals surface area (Å²) in [7, 11) is 0. The van der Waals surface area contributed by atoms with E-state index in [0.717, 1.165) is 0 Å². The Balaban J connectivity index is 1.66. The first-order chi connectivity index (χ1) is 13.5. The van der Waals surface area contributed by atoms with Crippen LogP contribution in [0.4, 0.5) is 13.2 Å². The Bertz CT molecular complexity index is 905. The van der Waals surface area contributed by atoms with E-state index >= 15 is 0 Å². The van der Waals surface area contributed by atoms with Gasteiger partial charge in [0.15, 0.2) is 0 Å². The Hall–Kier alpha value is -2.47. The second kappa shape index (κ2) is 7.75. The number of piperazine rings is 1. The fraction of sp³-hybridized carbons (Fsp3) is 0.529. The molecule has 2 amide bonds. The first-order valence-corrected chi connectivity index (χ1v) is 9.61. The summed E-state index contributed by atoms with van der Waals surface area (Å²) in [4.78, 5) is 31.2. The predicted octanol–water partition coefficient (Wildman–Crippen LogP) is 1.87. The van der Waals surface area contributed by atoms with Gasteiger partial charge in [0.25, 0.3) is 5.91 Å². The molecule has 0 saturated carbocycles. The lowest BCUT2D eigenvalue weighted by molar-refractivity contribution is -0.268. The lowest BCUT2D eigenvalue weighted by atomic mass is 9.98. The van der Waals surface area contributed by atoms with Crippen LogP contribution in [-0.2, 0) is 10.4 Å². The summed E-state index contributed by atoms with van der Waals surface area (Å²) in [6.07, 6.45) is -6.23. The van der Waals surface area contributed by atoms with Gasteiger partial charge in [-0.15, -0.1) is 11.3 Å². The number of carbonyl (C=O) groups is 2. The van der Waals surface area contributed by atoms with Crippen LogP contribution >= 0.6 is 11.3 Å². The van der Waals surface area contributed by atoms with Crippen LogP contribution in [0.25, 0.3) is 0 Å². The van der Waals surface area contributed by atoms with Gasteiger partial charge in [0.05, 0.1) is 12.1 Å². The molecule has 0 aliphatic carbocycles. The van der Waals surface area contributed by atoms with Crippen LogP contribution in [0.5, 0.6) is 0 Å². The molecule has 2 aromatic rings. The summed E-state index contributed by atoms with van der Waals surface area (Å²) in [6.45, 7) is 3.52. The standard InChI is InChI=1S/C17H19F3N4O4S/c1-10-7-12(28-22-10)14(26)24-5-3-23(4-6-24)13(25)8-16(27,17(18,19)20)15-21-11(2)9-29-15/h7,9,27H,3-6,8H2,1-2H3. The zero-order valence-electron chi connectivity index (χ0n) is 15.7. The van der Waals surface area contributed by atoms with E-state index in [1.54, 1.807) is 6.92 Å². The van der Waals surface area contributed by atoms with Gasteiger partial charge in [-0.25, -0.2) is 4.98 Å². The minimum atomic E-state index is -5.06. The monoisotopic (exact) mass is 432 g/mol. The maximum absolute atomic E-state index is 13.6. The Morgan fingerprint density at radius 3 is 2.28 bits per heavy atom. The van der Waals surface area contributed by atoms with Crippen molar-refractivity contribution in [3.8, 4) is 0 Å². The van der Waals surface area contributed by atoms with Crippen molar-refractivity contribution in [1.29, 1.82) is 0 Å². The summed E-state index contributed by atoms with van der Waals surface area (Å²) in [6, 6.07) is 1.49. The first-order valence-electron chi connectivity index (χ1n) is 8.73. The number of carbonyl (C=O) groups excluding carboxylic acids is 2. The summed E-state index contributed by atoms with van der Waals surface area (Å²) in [5.41, 5.74) is -2.48. The van der Waals surface area contributed by atoms with E-state index in [1.807, 2.05) is 0 Å². The van der Waals surface area contributed by atoms with Crippen LogP contribution < -0.4 is 0 Å². The maximum Gasteiger partial charge on any atom is 0.424 e. The zero-order chi connectivity index (χ0) is 21.4. The molecule has 0 bridgehead atoms. The number of amides is 2. The van der Waals surface area contributed by atoms with Crippen LogP contribution in [0.15, 0.2) is 16.0 Å². The highest BCUT2D eigenvalue weighted by Gasteiger charge is 2.58. The van der Waals surface area contributed by atoms with Crippen molar-refractivity contribution in [3.05, 3.63) is 33.6 Å². The smallest absolute Gasteiger partial charge is 0.374 e. The normalized spacial score (nSPS) is 17.3. The van der Waals surface area contributed by atoms with Crippen LogP contribution in [0.2, 0.25) is 0 Å². The number of aryl methyl sites for hydroxylation is 2. The third-order valence-electron chi connectivity index (χ3n) is 4.61. The molecular formula is C17H19F3N4O4S. The molecule has 0 aromatic carbocycles. The quantitative estimate of drug-likeness (QED) is 0.792. The average molecular weight is 432 g/mol. The molecule has 29 heavy (non-hydrogen) atoms. The SMILES string of the molecule is Cc1cc(C(=O)N2CCN(C(=O)CC(O)(c3nc(C)cs3)C(F)(F)F)CC2)on1. The van der Waals surface area contributed by atoms with E-state index in [2.05, 4.69) is 10.1 Å². The van der Waals surface area contributed by atoms with Crippen LogP contribution in [0.3, 0.4) is 0 Å². The molecule has 3 heterocycles. The molecular weight excluding hydrogens is 413 g/mol. The topological polar surface area (TPSA) is 99.8 Å². The Morgan fingerprint density at radius 2 is 1.79 bits per heavy atom. The molecule has 1 fully saturated rings. The summed E-state index contributed by atoms with van der Waals surface area (Å²) in [5.74, 6) is -1.20. The minimum Gasteiger partial charge on any atom is -0.374 e. The molecule has 1 atom stereocenters. The maximum atomic E-state index is 13.6. The van der Waals surface area contributed by atoms with E-state index in [1.165, 1.54) is 28.2 Å². The number of hydrogen-bond acceptors (Lipinski definition) is 7. The van der Waals surface area contributed by atoms with Gasteiger partial charge in [-0.1, -0.05) is 5.16 Å². The minimum absolute atomic E-state index is 0.0442. The van der Waals surface area contributed by atoms with Crippen molar-refractivity contribution in [1.82, 2.24) is 19.9 Å². The highest BCUT2D eigenvalue weighted by atomic mass is 32.1. The molecule has 2 aromatic heterocycles. The van der Waals surface area contributed by atoms with Crippen molar-refractivity contribution in [2.75, 3.05) is 26.2 Å². The number of alkyl halides is 3. The van der Waals surface area contributed by atoms with Gasteiger partial charge < -0.3 is 19.4 Å². The van der Waals surface area contributed by atoms with Crippen molar-refractivity contribution < 1.29 is 32.4 Å². The summed E-state index contributed by atoms with van der Waals surface area (Å²) >= 11 is 0.655. The molecule has 0 radical (unpaired) electrons. The number of aromatic nitrogens is 2. The van der Waals surface area contributed by atoms with E-state index < -0.39 is 35.0 Å². The molecule has 12 heteroatoms. The second-order valence-electron chi connectivity index (χ2n) is 6.83. The van der Waals surface area contributed by atoms with E-state index in [0.29, 0.717) is 22.7 Å². The van der Waals surface area contributed by atoms with Gasteiger partial charge in [-0.3, -0.25) is 9.59 Å². The summed E-state index contributed by atoms with van der Waals surface area (Å²) < 4.78 is 45.6. The van der Waals surface area contributed by atoms with E-state index in [4.69, 9.17) is 4.52 Å². The van der Waals surface area contributed by atoms with E-state index in [-0.39, 0.29) is 31.9 Å². The Kier molecular flexibility index (Phi) is 5.68.